The fourth-order valence-corrected chi connectivity index (χ4v) is 6.27. The van der Waals surface area contributed by atoms with Crippen LogP contribution in [0.25, 0.3) is 0 Å². The molecule has 3 aliphatic rings. The number of rotatable bonds is 2. The maximum Gasteiger partial charge on any atom is 0.125 e. The predicted octanol–water partition coefficient (Wildman–Crippen LogP) is 2.88. The summed E-state index contributed by atoms with van der Waals surface area (Å²) in [6.45, 7) is 8.40. The highest BCUT2D eigenvalue weighted by atomic mass is 16.3. The van der Waals surface area contributed by atoms with Crippen LogP contribution in [0.3, 0.4) is 0 Å². The summed E-state index contributed by atoms with van der Waals surface area (Å²) in [4.78, 5) is 17.2. The van der Waals surface area contributed by atoms with Crippen LogP contribution in [0, 0.1) is 11.8 Å². The number of para-hydroxylation sites is 2. The van der Waals surface area contributed by atoms with Gasteiger partial charge in [0.05, 0.1) is 0 Å². The Labute approximate surface area is 202 Å². The summed E-state index contributed by atoms with van der Waals surface area (Å²) in [5, 5.41) is 26.8. The van der Waals surface area contributed by atoms with Crippen molar-refractivity contribution in [3.63, 3.8) is 0 Å². The normalized spacial score (nSPS) is 31.5. The number of allylic oxidation sites excluding steroid dienone is 2. The molecule has 1 aliphatic carbocycles. The molecule has 0 bridgehead atoms. The van der Waals surface area contributed by atoms with E-state index in [4.69, 9.17) is 0 Å². The lowest BCUT2D eigenvalue weighted by atomic mass is 9.81. The van der Waals surface area contributed by atoms with Gasteiger partial charge in [0, 0.05) is 53.6 Å². The number of likely N-dealkylation sites (N-methyl/N-ethyl adjacent to an activating group) is 2. The first-order valence-corrected chi connectivity index (χ1v) is 11.9. The number of anilines is 2. The molecule has 2 heterocycles. The second-order valence-electron chi connectivity index (χ2n) is 10.9. The van der Waals surface area contributed by atoms with Crippen LogP contribution in [0.5, 0.6) is 0 Å². The molecule has 4 unspecified atom stereocenters. The average molecular weight is 457 g/mol. The Balaban J connectivity index is 1.51. The van der Waals surface area contributed by atoms with Gasteiger partial charge in [-0.15, -0.1) is 6.10 Å². The SMILES string of the molecule is CN1/C(=C\C2C(=O)C([O-])C(/C=C3\N(C)c4ccccc4C3(C)C)C2[O-])C(C)(C)c2ccccc21. The summed E-state index contributed by atoms with van der Waals surface area (Å²) in [5.41, 5.74) is 5.56. The maximum atomic E-state index is 13.6. The largest absolute Gasteiger partial charge is 0.851 e. The molecule has 2 aromatic rings. The highest BCUT2D eigenvalue weighted by molar-refractivity contribution is 5.91. The standard InChI is InChI=1S/C29H32N2O3/c1-28(2)19-11-7-9-13-21(19)30(5)23(28)15-17-25(32)18(27(34)26(17)33)16-24-29(3,4)20-12-8-10-14-22(20)31(24)6/h7-18,25-26H,1-6H3/q-2/b23-15-,24-16-. The molecule has 2 aromatic carbocycles. The number of benzene rings is 2. The van der Waals surface area contributed by atoms with Crippen molar-refractivity contribution >= 4 is 17.2 Å². The first kappa shape index (κ1) is 22.9. The lowest BCUT2D eigenvalue weighted by molar-refractivity contribution is -0.458. The van der Waals surface area contributed by atoms with Crippen LogP contribution in [0.1, 0.15) is 38.8 Å². The molecule has 0 aromatic heterocycles. The van der Waals surface area contributed by atoms with E-state index >= 15 is 0 Å². The van der Waals surface area contributed by atoms with Crippen LogP contribution in [-0.4, -0.2) is 32.1 Å². The Hall–Kier alpha value is -2.89. The number of hydrogen-bond acceptors (Lipinski definition) is 5. The molecule has 0 saturated heterocycles. The van der Waals surface area contributed by atoms with Crippen LogP contribution in [0.4, 0.5) is 11.4 Å². The van der Waals surface area contributed by atoms with E-state index in [1.807, 2.05) is 55.4 Å². The number of carbonyl (C=O) groups is 1. The summed E-state index contributed by atoms with van der Waals surface area (Å²) in [6.07, 6.45) is 0.712. The highest BCUT2D eigenvalue weighted by Crippen LogP contribution is 2.49. The predicted molar refractivity (Wildman–Crippen MR) is 131 cm³/mol. The fraction of sp³-hybridized carbons (Fsp3) is 0.414. The van der Waals surface area contributed by atoms with E-state index in [2.05, 4.69) is 44.7 Å². The van der Waals surface area contributed by atoms with E-state index in [9.17, 15) is 15.0 Å². The molecule has 0 spiro atoms. The van der Waals surface area contributed by atoms with Crippen molar-refractivity contribution in [1.29, 1.82) is 0 Å². The zero-order chi connectivity index (χ0) is 24.6. The van der Waals surface area contributed by atoms with Gasteiger partial charge in [-0.1, -0.05) is 82.3 Å². The van der Waals surface area contributed by atoms with Gasteiger partial charge in [-0.3, -0.25) is 0 Å². The molecular weight excluding hydrogens is 424 g/mol. The summed E-state index contributed by atoms with van der Waals surface area (Å²) < 4.78 is 0. The van der Waals surface area contributed by atoms with E-state index in [1.54, 1.807) is 12.2 Å². The molecule has 5 nitrogen and oxygen atoms in total. The summed E-state index contributed by atoms with van der Waals surface area (Å²) >= 11 is 0. The van der Waals surface area contributed by atoms with Crippen LogP contribution in [0.2, 0.25) is 0 Å². The molecule has 0 amide bonds. The molecule has 0 N–H and O–H groups in total. The number of nitrogens with zero attached hydrogens (tertiary/aromatic N) is 2. The molecule has 0 radical (unpaired) electrons. The molecule has 1 fully saturated rings. The molecule has 34 heavy (non-hydrogen) atoms. The number of hydrogen-bond donors (Lipinski definition) is 0. The number of Topliss-reactive ketones (excluding diaryl/α,β-unsaturated/α-hetero) is 1. The lowest BCUT2D eigenvalue weighted by Gasteiger charge is -2.34. The van der Waals surface area contributed by atoms with Gasteiger partial charge < -0.3 is 24.8 Å². The minimum absolute atomic E-state index is 0.348. The minimum Gasteiger partial charge on any atom is -0.851 e. The average Bonchev–Trinajstić information content (AvgIpc) is 3.22. The first-order valence-electron chi connectivity index (χ1n) is 11.9. The van der Waals surface area contributed by atoms with Gasteiger partial charge in [0.1, 0.15) is 5.78 Å². The van der Waals surface area contributed by atoms with Crippen LogP contribution >= 0.6 is 0 Å². The van der Waals surface area contributed by atoms with Gasteiger partial charge in [-0.25, -0.2) is 0 Å². The molecule has 2 aliphatic heterocycles. The molecule has 5 heteroatoms. The smallest absolute Gasteiger partial charge is 0.125 e. The van der Waals surface area contributed by atoms with Crippen molar-refractivity contribution in [1.82, 2.24) is 0 Å². The van der Waals surface area contributed by atoms with Gasteiger partial charge in [-0.05, 0) is 29.2 Å². The van der Waals surface area contributed by atoms with Crippen molar-refractivity contribution < 1.29 is 15.0 Å². The van der Waals surface area contributed by atoms with Gasteiger partial charge >= 0.3 is 0 Å². The molecule has 1 saturated carbocycles. The van der Waals surface area contributed by atoms with Crippen LogP contribution in [0.15, 0.2) is 72.1 Å². The zero-order valence-electron chi connectivity index (χ0n) is 20.7. The second-order valence-corrected chi connectivity index (χ2v) is 10.9. The minimum atomic E-state index is -1.55. The summed E-state index contributed by atoms with van der Waals surface area (Å²) in [5.74, 6) is -2.32. The van der Waals surface area contributed by atoms with Gasteiger partial charge in [0.25, 0.3) is 0 Å². The number of fused-ring (bicyclic) bond motifs is 2. The van der Waals surface area contributed by atoms with Crippen molar-refractivity contribution in [3.05, 3.63) is 83.2 Å². The molecule has 178 valence electrons. The number of carbonyl (C=O) groups excluding carboxylic acids is 1. The molecular formula is C29H32N2O3-2. The Morgan fingerprint density at radius 2 is 1.21 bits per heavy atom. The monoisotopic (exact) mass is 456 g/mol. The van der Waals surface area contributed by atoms with Gasteiger partial charge in [0.2, 0.25) is 0 Å². The van der Waals surface area contributed by atoms with E-state index < -0.39 is 29.8 Å². The quantitative estimate of drug-likeness (QED) is 0.695. The maximum absolute atomic E-state index is 13.6. The Morgan fingerprint density at radius 3 is 1.68 bits per heavy atom. The van der Waals surface area contributed by atoms with Crippen molar-refractivity contribution in [2.24, 2.45) is 11.8 Å². The van der Waals surface area contributed by atoms with Crippen LogP contribution in [-0.2, 0) is 15.6 Å². The third-order valence-corrected chi connectivity index (χ3v) is 8.26. The van der Waals surface area contributed by atoms with E-state index in [1.165, 1.54) is 0 Å². The third kappa shape index (κ3) is 3.03. The van der Waals surface area contributed by atoms with Gasteiger partial charge in [0.15, 0.2) is 0 Å². The topological polar surface area (TPSA) is 69.7 Å². The lowest BCUT2D eigenvalue weighted by Crippen LogP contribution is -2.41. The van der Waals surface area contributed by atoms with Crippen LogP contribution < -0.4 is 20.0 Å². The zero-order valence-corrected chi connectivity index (χ0v) is 20.7. The third-order valence-electron chi connectivity index (χ3n) is 8.26. The Bertz CT molecular complexity index is 1230. The molecule has 5 rings (SSSR count). The molecule has 4 atom stereocenters. The van der Waals surface area contributed by atoms with Crippen molar-refractivity contribution in [3.8, 4) is 0 Å². The highest BCUT2D eigenvalue weighted by Gasteiger charge is 2.44. The first-order chi connectivity index (χ1) is 16.0. The fourth-order valence-electron chi connectivity index (χ4n) is 6.27. The van der Waals surface area contributed by atoms with E-state index in [0.717, 1.165) is 33.9 Å². The van der Waals surface area contributed by atoms with Gasteiger partial charge in [-0.2, -0.15) is 0 Å². The Morgan fingerprint density at radius 1 is 0.765 bits per heavy atom. The van der Waals surface area contributed by atoms with Crippen molar-refractivity contribution in [2.75, 3.05) is 23.9 Å². The second kappa shape index (κ2) is 7.56. The summed E-state index contributed by atoms with van der Waals surface area (Å²) in [7, 11) is 3.92. The van der Waals surface area contributed by atoms with Crippen molar-refractivity contribution in [2.45, 2.75) is 50.7 Å². The van der Waals surface area contributed by atoms with E-state index in [-0.39, 0.29) is 10.8 Å². The van der Waals surface area contributed by atoms with E-state index in [0.29, 0.717) is 0 Å². The Kier molecular flexibility index (Phi) is 5.08. The number of ketones is 1. The summed E-state index contributed by atoms with van der Waals surface area (Å²) in [6, 6.07) is 16.2.